The van der Waals surface area contributed by atoms with Crippen LogP contribution in [0.25, 0.3) is 0 Å². The second kappa shape index (κ2) is 7.78. The van der Waals surface area contributed by atoms with E-state index in [4.69, 9.17) is 5.73 Å². The predicted octanol–water partition coefficient (Wildman–Crippen LogP) is 2.68. The number of hydrogen-bond acceptors (Lipinski definition) is 7. The molecular weight excluding hydrogens is 326 g/mol. The molecule has 0 amide bonds. The van der Waals surface area contributed by atoms with E-state index in [-0.39, 0.29) is 6.04 Å². The Hall–Kier alpha value is -2.54. The SMILES string of the molecule is Cc1nc(Nc2ccc(N3CCN(C)CC3)cc2)nc(NC(C)C)c1N. The number of likely N-dealkylation sites (N-methyl/N-ethyl adjacent to an activating group) is 1. The Balaban J connectivity index is 1.72. The number of benzene rings is 1. The topological polar surface area (TPSA) is 82.3 Å². The molecule has 3 rings (SSSR count). The number of nitrogens with one attached hydrogen (secondary N) is 2. The highest BCUT2D eigenvalue weighted by molar-refractivity contribution is 5.68. The third-order valence-corrected chi connectivity index (χ3v) is 4.55. The van der Waals surface area contributed by atoms with Crippen molar-refractivity contribution in [3.05, 3.63) is 30.0 Å². The van der Waals surface area contributed by atoms with Crippen LogP contribution in [0.15, 0.2) is 24.3 Å². The van der Waals surface area contributed by atoms with Crippen LogP contribution in [0, 0.1) is 6.92 Å². The van der Waals surface area contributed by atoms with Crippen LogP contribution in [0.3, 0.4) is 0 Å². The van der Waals surface area contributed by atoms with E-state index in [2.05, 4.69) is 75.6 Å². The summed E-state index contributed by atoms with van der Waals surface area (Å²) >= 11 is 0. The van der Waals surface area contributed by atoms with Crippen LogP contribution < -0.4 is 21.3 Å². The lowest BCUT2D eigenvalue weighted by atomic mass is 10.2. The maximum atomic E-state index is 6.08. The van der Waals surface area contributed by atoms with Gasteiger partial charge in [0.1, 0.15) is 0 Å². The van der Waals surface area contributed by atoms with Crippen molar-refractivity contribution in [2.75, 3.05) is 54.5 Å². The van der Waals surface area contributed by atoms with Gasteiger partial charge in [0.25, 0.3) is 0 Å². The third kappa shape index (κ3) is 4.35. The van der Waals surface area contributed by atoms with Gasteiger partial charge in [-0.1, -0.05) is 0 Å². The van der Waals surface area contributed by atoms with Gasteiger partial charge >= 0.3 is 0 Å². The molecule has 7 heteroatoms. The Morgan fingerprint density at radius 1 is 1.04 bits per heavy atom. The predicted molar refractivity (Wildman–Crippen MR) is 109 cm³/mol. The molecule has 1 aliphatic heterocycles. The van der Waals surface area contributed by atoms with Gasteiger partial charge in [0.2, 0.25) is 5.95 Å². The number of rotatable bonds is 5. The summed E-state index contributed by atoms with van der Waals surface area (Å²) in [5.41, 5.74) is 9.65. The number of aromatic nitrogens is 2. The molecular formula is C19H29N7. The molecule has 0 aliphatic carbocycles. The minimum Gasteiger partial charge on any atom is -0.394 e. The fourth-order valence-electron chi connectivity index (χ4n) is 2.97. The van der Waals surface area contributed by atoms with E-state index in [0.717, 1.165) is 37.6 Å². The monoisotopic (exact) mass is 355 g/mol. The van der Waals surface area contributed by atoms with Crippen molar-refractivity contribution in [2.45, 2.75) is 26.8 Å². The molecule has 0 bridgehead atoms. The minimum absolute atomic E-state index is 0.252. The average molecular weight is 355 g/mol. The molecule has 0 spiro atoms. The lowest BCUT2D eigenvalue weighted by molar-refractivity contribution is 0.313. The van der Waals surface area contributed by atoms with E-state index < -0.39 is 0 Å². The molecule has 1 aliphatic rings. The standard InChI is InChI=1S/C19H29N7/c1-13(2)21-18-17(20)14(3)22-19(24-18)23-15-5-7-16(8-6-15)26-11-9-25(4)10-12-26/h5-8,13H,9-12,20H2,1-4H3,(H2,21,22,23,24). The van der Waals surface area contributed by atoms with E-state index in [1.165, 1.54) is 5.69 Å². The Morgan fingerprint density at radius 3 is 2.31 bits per heavy atom. The van der Waals surface area contributed by atoms with Crippen molar-refractivity contribution in [3.63, 3.8) is 0 Å². The van der Waals surface area contributed by atoms with Crippen LogP contribution in [0.2, 0.25) is 0 Å². The first kappa shape index (κ1) is 18.3. The van der Waals surface area contributed by atoms with Crippen LogP contribution in [0.5, 0.6) is 0 Å². The molecule has 0 atom stereocenters. The summed E-state index contributed by atoms with van der Waals surface area (Å²) in [6, 6.07) is 8.68. The van der Waals surface area contributed by atoms with Gasteiger partial charge in [-0.2, -0.15) is 4.98 Å². The fourth-order valence-corrected chi connectivity index (χ4v) is 2.97. The van der Waals surface area contributed by atoms with E-state index in [9.17, 15) is 0 Å². The van der Waals surface area contributed by atoms with Crippen LogP contribution in [-0.2, 0) is 0 Å². The summed E-state index contributed by atoms with van der Waals surface area (Å²) in [7, 11) is 2.17. The second-order valence-electron chi connectivity index (χ2n) is 7.16. The summed E-state index contributed by atoms with van der Waals surface area (Å²) in [5.74, 6) is 1.22. The number of nitrogens with two attached hydrogens (primary N) is 1. The second-order valence-corrected chi connectivity index (χ2v) is 7.16. The third-order valence-electron chi connectivity index (χ3n) is 4.55. The Kier molecular flexibility index (Phi) is 5.46. The number of nitrogen functional groups attached to an aromatic ring is 1. The van der Waals surface area contributed by atoms with Crippen molar-refractivity contribution in [1.29, 1.82) is 0 Å². The summed E-state index contributed by atoms with van der Waals surface area (Å²) < 4.78 is 0. The molecule has 1 aromatic carbocycles. The summed E-state index contributed by atoms with van der Waals surface area (Å²) in [6.45, 7) is 10.3. The van der Waals surface area contributed by atoms with E-state index in [1.807, 2.05) is 6.92 Å². The van der Waals surface area contributed by atoms with Crippen molar-refractivity contribution >= 4 is 28.8 Å². The molecule has 4 N–H and O–H groups in total. The normalized spacial score (nSPS) is 15.3. The smallest absolute Gasteiger partial charge is 0.229 e. The molecule has 2 heterocycles. The highest BCUT2D eigenvalue weighted by Crippen LogP contribution is 2.25. The Bertz CT molecular complexity index is 734. The molecule has 1 aromatic heterocycles. The van der Waals surface area contributed by atoms with Gasteiger partial charge in [-0.25, -0.2) is 4.98 Å². The van der Waals surface area contributed by atoms with Crippen molar-refractivity contribution in [3.8, 4) is 0 Å². The van der Waals surface area contributed by atoms with E-state index in [1.54, 1.807) is 0 Å². The summed E-state index contributed by atoms with van der Waals surface area (Å²) in [4.78, 5) is 13.7. The van der Waals surface area contributed by atoms with Crippen LogP contribution >= 0.6 is 0 Å². The van der Waals surface area contributed by atoms with Gasteiger partial charge in [0, 0.05) is 43.6 Å². The molecule has 0 saturated carbocycles. The maximum Gasteiger partial charge on any atom is 0.229 e. The number of aryl methyl sites for hydroxylation is 1. The lowest BCUT2D eigenvalue weighted by Crippen LogP contribution is -2.44. The molecule has 7 nitrogen and oxygen atoms in total. The van der Waals surface area contributed by atoms with Crippen LogP contribution in [-0.4, -0.2) is 54.1 Å². The van der Waals surface area contributed by atoms with Gasteiger partial charge < -0.3 is 26.2 Å². The number of anilines is 5. The number of nitrogens with zero attached hydrogens (tertiary/aromatic N) is 4. The first-order valence-electron chi connectivity index (χ1n) is 9.13. The molecule has 1 saturated heterocycles. The highest BCUT2D eigenvalue weighted by Gasteiger charge is 2.14. The maximum absolute atomic E-state index is 6.08. The average Bonchev–Trinajstić information content (AvgIpc) is 2.60. The van der Waals surface area contributed by atoms with Gasteiger partial charge in [-0.15, -0.1) is 0 Å². The Morgan fingerprint density at radius 2 is 1.69 bits per heavy atom. The molecule has 0 radical (unpaired) electrons. The van der Waals surface area contributed by atoms with Gasteiger partial charge in [0.05, 0.1) is 11.4 Å². The van der Waals surface area contributed by atoms with Crippen molar-refractivity contribution in [2.24, 2.45) is 0 Å². The summed E-state index contributed by atoms with van der Waals surface area (Å²) in [5, 5.41) is 6.55. The molecule has 26 heavy (non-hydrogen) atoms. The lowest BCUT2D eigenvalue weighted by Gasteiger charge is -2.34. The molecule has 2 aromatic rings. The van der Waals surface area contributed by atoms with Gasteiger partial charge in [0.15, 0.2) is 5.82 Å². The quantitative estimate of drug-likeness (QED) is 0.760. The zero-order valence-electron chi connectivity index (χ0n) is 16.1. The van der Waals surface area contributed by atoms with Crippen molar-refractivity contribution < 1.29 is 0 Å². The van der Waals surface area contributed by atoms with E-state index in [0.29, 0.717) is 17.5 Å². The largest absolute Gasteiger partial charge is 0.394 e. The van der Waals surface area contributed by atoms with Gasteiger partial charge in [-0.05, 0) is 52.1 Å². The molecule has 140 valence electrons. The molecule has 1 fully saturated rings. The first-order chi connectivity index (χ1) is 12.4. The first-order valence-corrected chi connectivity index (χ1v) is 9.13. The highest BCUT2D eigenvalue weighted by atomic mass is 15.2. The van der Waals surface area contributed by atoms with Crippen LogP contribution in [0.4, 0.5) is 28.8 Å². The Labute approximate surface area is 155 Å². The fraction of sp³-hybridized carbons (Fsp3) is 0.474. The molecule has 0 unspecified atom stereocenters. The number of hydrogen-bond donors (Lipinski definition) is 3. The zero-order valence-corrected chi connectivity index (χ0v) is 16.1. The van der Waals surface area contributed by atoms with Gasteiger partial charge in [-0.3, -0.25) is 0 Å². The van der Waals surface area contributed by atoms with E-state index >= 15 is 0 Å². The zero-order chi connectivity index (χ0) is 18.7. The summed E-state index contributed by atoms with van der Waals surface area (Å²) in [6.07, 6.45) is 0. The minimum atomic E-state index is 0.252. The number of piperazine rings is 1. The van der Waals surface area contributed by atoms with Crippen LogP contribution in [0.1, 0.15) is 19.5 Å². The van der Waals surface area contributed by atoms with Crippen molar-refractivity contribution in [1.82, 2.24) is 14.9 Å².